The van der Waals surface area contributed by atoms with Gasteiger partial charge in [0.2, 0.25) is 0 Å². The Morgan fingerprint density at radius 1 is 1.12 bits per heavy atom. The van der Waals surface area contributed by atoms with Gasteiger partial charge >= 0.3 is 0 Å². The molecule has 84 valence electrons. The lowest BCUT2D eigenvalue weighted by molar-refractivity contribution is 0.475. The molecule has 0 saturated carbocycles. The summed E-state index contributed by atoms with van der Waals surface area (Å²) in [7, 11) is 0. The lowest BCUT2D eigenvalue weighted by atomic mass is 9.93. The highest BCUT2D eigenvalue weighted by atomic mass is 32.1. The van der Waals surface area contributed by atoms with Gasteiger partial charge in [0.15, 0.2) is 0 Å². The van der Waals surface area contributed by atoms with Crippen molar-refractivity contribution in [1.82, 2.24) is 4.98 Å². The molecule has 0 aliphatic heterocycles. The van der Waals surface area contributed by atoms with Crippen LogP contribution in [-0.2, 0) is 5.41 Å². The predicted octanol–water partition coefficient (Wildman–Crippen LogP) is 3.81. The molecule has 0 unspecified atom stereocenters. The summed E-state index contributed by atoms with van der Waals surface area (Å²) in [5.74, 6) is 0.288. The number of aromatic nitrogens is 1. The van der Waals surface area contributed by atoms with Crippen LogP contribution >= 0.6 is 11.3 Å². The van der Waals surface area contributed by atoms with Gasteiger partial charge in [-0.15, -0.1) is 11.3 Å². The van der Waals surface area contributed by atoms with Crippen LogP contribution in [0.5, 0.6) is 5.75 Å². The lowest BCUT2D eigenvalue weighted by Crippen LogP contribution is -2.11. The zero-order valence-corrected chi connectivity index (χ0v) is 10.5. The highest BCUT2D eigenvalue weighted by Gasteiger charge is 2.17. The fourth-order valence-corrected chi connectivity index (χ4v) is 2.41. The monoisotopic (exact) mass is 233 g/mol. The molecule has 2 nitrogen and oxygen atoms in total. The number of thiazole rings is 1. The molecule has 0 fully saturated rings. The van der Waals surface area contributed by atoms with Gasteiger partial charge in [0.05, 0.1) is 5.69 Å². The Kier molecular flexibility index (Phi) is 2.72. The van der Waals surface area contributed by atoms with E-state index in [2.05, 4.69) is 31.1 Å². The second-order valence-corrected chi connectivity index (χ2v) is 5.69. The van der Waals surface area contributed by atoms with Crippen LogP contribution in [0.3, 0.4) is 0 Å². The highest BCUT2D eigenvalue weighted by molar-refractivity contribution is 7.13. The van der Waals surface area contributed by atoms with E-state index in [1.807, 2.05) is 12.1 Å². The van der Waals surface area contributed by atoms with Crippen LogP contribution in [0.25, 0.3) is 10.6 Å². The minimum Gasteiger partial charge on any atom is -0.508 e. The second-order valence-electron chi connectivity index (χ2n) is 4.83. The van der Waals surface area contributed by atoms with E-state index in [1.165, 1.54) is 0 Å². The Hall–Kier alpha value is -1.35. The molecule has 1 aromatic heterocycles. The standard InChI is InChI=1S/C13H15NOS/c1-13(2,3)11-8-16-12(14-11)9-4-6-10(15)7-5-9/h4-8,15H,1-3H3. The second kappa shape index (κ2) is 3.91. The first-order valence-corrected chi connectivity index (χ1v) is 6.10. The number of benzene rings is 1. The van der Waals surface area contributed by atoms with Crippen LogP contribution in [0.2, 0.25) is 0 Å². The SMILES string of the molecule is CC(C)(C)c1csc(-c2ccc(O)cc2)n1. The molecule has 0 spiro atoms. The van der Waals surface area contributed by atoms with Crippen LogP contribution in [0, 0.1) is 0 Å². The smallest absolute Gasteiger partial charge is 0.123 e. The van der Waals surface area contributed by atoms with Crippen molar-refractivity contribution in [2.75, 3.05) is 0 Å². The van der Waals surface area contributed by atoms with Gasteiger partial charge in [-0.3, -0.25) is 0 Å². The summed E-state index contributed by atoms with van der Waals surface area (Å²) in [6.07, 6.45) is 0. The van der Waals surface area contributed by atoms with E-state index in [0.717, 1.165) is 16.3 Å². The van der Waals surface area contributed by atoms with Crippen molar-refractivity contribution in [3.05, 3.63) is 35.3 Å². The Morgan fingerprint density at radius 3 is 2.25 bits per heavy atom. The molecule has 0 amide bonds. The van der Waals surface area contributed by atoms with Gasteiger partial charge < -0.3 is 5.11 Å². The number of hydrogen-bond acceptors (Lipinski definition) is 3. The third-order valence-corrected chi connectivity index (χ3v) is 3.28. The van der Waals surface area contributed by atoms with Gasteiger partial charge in [-0.2, -0.15) is 0 Å². The number of nitrogens with zero attached hydrogens (tertiary/aromatic N) is 1. The number of phenols is 1. The average Bonchev–Trinajstić information content (AvgIpc) is 2.67. The van der Waals surface area contributed by atoms with Crippen LogP contribution in [-0.4, -0.2) is 10.1 Å². The molecule has 16 heavy (non-hydrogen) atoms. The van der Waals surface area contributed by atoms with Gasteiger partial charge in [-0.25, -0.2) is 4.98 Å². The van der Waals surface area contributed by atoms with E-state index in [1.54, 1.807) is 23.5 Å². The highest BCUT2D eigenvalue weighted by Crippen LogP contribution is 2.30. The van der Waals surface area contributed by atoms with Crippen molar-refractivity contribution in [3.8, 4) is 16.3 Å². The van der Waals surface area contributed by atoms with Crippen molar-refractivity contribution in [3.63, 3.8) is 0 Å². The number of phenolic OH excluding ortho intramolecular Hbond substituents is 1. The molecule has 0 aliphatic carbocycles. The minimum atomic E-state index is 0.0890. The summed E-state index contributed by atoms with van der Waals surface area (Å²) in [4.78, 5) is 4.62. The topological polar surface area (TPSA) is 33.1 Å². The zero-order chi connectivity index (χ0) is 11.8. The first kappa shape index (κ1) is 11.1. The first-order chi connectivity index (χ1) is 7.47. The van der Waals surface area contributed by atoms with Crippen LogP contribution in [0.4, 0.5) is 0 Å². The number of hydrogen-bond donors (Lipinski definition) is 1. The molecule has 0 bridgehead atoms. The van der Waals surface area contributed by atoms with Crippen LogP contribution < -0.4 is 0 Å². The van der Waals surface area contributed by atoms with Crippen molar-refractivity contribution in [2.45, 2.75) is 26.2 Å². The quantitative estimate of drug-likeness (QED) is 0.812. The van der Waals surface area contributed by atoms with Gasteiger partial charge in [-0.1, -0.05) is 20.8 Å². The largest absolute Gasteiger partial charge is 0.508 e. The Labute approximate surface area is 99.6 Å². The van der Waals surface area contributed by atoms with Crippen LogP contribution in [0.1, 0.15) is 26.5 Å². The Balaban J connectivity index is 2.35. The molecule has 1 aromatic carbocycles. The van der Waals surface area contributed by atoms with E-state index < -0.39 is 0 Å². The fourth-order valence-electron chi connectivity index (χ4n) is 1.35. The molecular formula is C13H15NOS. The summed E-state index contributed by atoms with van der Waals surface area (Å²) in [6, 6.07) is 7.15. The van der Waals surface area contributed by atoms with E-state index in [9.17, 15) is 5.11 Å². The van der Waals surface area contributed by atoms with Crippen LogP contribution in [0.15, 0.2) is 29.6 Å². The number of rotatable bonds is 1. The van der Waals surface area contributed by atoms with E-state index >= 15 is 0 Å². The third-order valence-electron chi connectivity index (χ3n) is 2.39. The maximum atomic E-state index is 9.22. The minimum absolute atomic E-state index is 0.0890. The summed E-state index contributed by atoms with van der Waals surface area (Å²) in [6.45, 7) is 6.47. The van der Waals surface area contributed by atoms with Crippen molar-refractivity contribution < 1.29 is 5.11 Å². The van der Waals surface area contributed by atoms with Crippen molar-refractivity contribution >= 4 is 11.3 Å². The van der Waals surface area contributed by atoms with Gasteiger partial charge in [0, 0.05) is 16.4 Å². The summed E-state index contributed by atoms with van der Waals surface area (Å²) < 4.78 is 0. The van der Waals surface area contributed by atoms with Crippen molar-refractivity contribution in [1.29, 1.82) is 0 Å². The lowest BCUT2D eigenvalue weighted by Gasteiger charge is -2.14. The first-order valence-electron chi connectivity index (χ1n) is 5.22. The molecule has 0 aliphatic rings. The maximum absolute atomic E-state index is 9.22. The summed E-state index contributed by atoms with van der Waals surface area (Å²) >= 11 is 1.64. The maximum Gasteiger partial charge on any atom is 0.123 e. The molecule has 0 saturated heterocycles. The molecular weight excluding hydrogens is 218 g/mol. The predicted molar refractivity (Wildman–Crippen MR) is 67.9 cm³/mol. The molecule has 1 heterocycles. The zero-order valence-electron chi connectivity index (χ0n) is 9.69. The third kappa shape index (κ3) is 2.25. The average molecular weight is 233 g/mol. The molecule has 2 aromatic rings. The van der Waals surface area contributed by atoms with Gasteiger partial charge in [0.25, 0.3) is 0 Å². The summed E-state index contributed by atoms with van der Waals surface area (Å²) in [5, 5.41) is 12.3. The Bertz CT molecular complexity index is 479. The summed E-state index contributed by atoms with van der Waals surface area (Å²) in [5.41, 5.74) is 2.25. The molecule has 1 N–H and O–H groups in total. The van der Waals surface area contributed by atoms with E-state index in [-0.39, 0.29) is 11.2 Å². The van der Waals surface area contributed by atoms with Crippen molar-refractivity contribution in [2.24, 2.45) is 0 Å². The van der Waals surface area contributed by atoms with E-state index in [0.29, 0.717) is 0 Å². The molecule has 0 radical (unpaired) electrons. The molecule has 2 rings (SSSR count). The number of aromatic hydroxyl groups is 1. The van der Waals surface area contributed by atoms with E-state index in [4.69, 9.17) is 0 Å². The van der Waals surface area contributed by atoms with Gasteiger partial charge in [0.1, 0.15) is 10.8 Å². The van der Waals surface area contributed by atoms with Gasteiger partial charge in [-0.05, 0) is 24.3 Å². The fraction of sp³-hybridized carbons (Fsp3) is 0.308. The molecule has 0 atom stereocenters. The normalized spacial score (nSPS) is 11.7. The Morgan fingerprint density at radius 2 is 1.75 bits per heavy atom. The molecule has 3 heteroatoms.